The molecule has 0 bridgehead atoms. The molecule has 0 aromatic carbocycles. The Morgan fingerprint density at radius 2 is 1.87 bits per heavy atom. The quantitative estimate of drug-likeness (QED) is 0.700. The topological polar surface area (TPSA) is 108 Å². The predicted molar refractivity (Wildman–Crippen MR) is 98.9 cm³/mol. The lowest BCUT2D eigenvalue weighted by Crippen LogP contribution is -2.60. The fraction of sp³-hybridized carbons (Fsp3) is 0.667. The molecule has 1 aliphatic carbocycles. The van der Waals surface area contributed by atoms with E-state index in [1.807, 2.05) is 0 Å². The second-order valence-corrected chi connectivity index (χ2v) is 7.63. The van der Waals surface area contributed by atoms with E-state index in [0.717, 1.165) is 11.3 Å². The lowest BCUT2D eigenvalue weighted by atomic mass is 10.0. The number of carbonyl (C=O) groups excluding carboxylic acids is 2. The number of alkyl halides is 3. The van der Waals surface area contributed by atoms with Gasteiger partial charge in [0.05, 0.1) is 0 Å². The highest BCUT2D eigenvalue weighted by molar-refractivity contribution is 5.85. The van der Waals surface area contributed by atoms with Crippen LogP contribution in [0.25, 0.3) is 0 Å². The number of rotatable bonds is 6. The molecule has 3 rings (SSSR count). The number of nitrogens with one attached hydrogen (secondary N) is 1. The lowest BCUT2D eigenvalue weighted by molar-refractivity contribution is -0.250. The summed E-state index contributed by atoms with van der Waals surface area (Å²) in [6, 6.07) is 3.04. The van der Waals surface area contributed by atoms with Gasteiger partial charge in [-0.1, -0.05) is 12.8 Å². The highest BCUT2D eigenvalue weighted by atomic mass is 19.4. The summed E-state index contributed by atoms with van der Waals surface area (Å²) in [6.45, 7) is 1.42. The molecule has 0 radical (unpaired) electrons. The van der Waals surface area contributed by atoms with E-state index in [4.69, 9.17) is 4.74 Å². The molecule has 12 heteroatoms. The van der Waals surface area contributed by atoms with E-state index >= 15 is 0 Å². The molecule has 9 nitrogen and oxygen atoms in total. The van der Waals surface area contributed by atoms with Crippen molar-refractivity contribution in [2.45, 2.75) is 38.0 Å². The third kappa shape index (κ3) is 5.29. The molecule has 1 atom stereocenters. The first-order valence-corrected chi connectivity index (χ1v) is 9.71. The highest BCUT2D eigenvalue weighted by Crippen LogP contribution is 2.32. The van der Waals surface area contributed by atoms with Crippen LogP contribution in [0.3, 0.4) is 0 Å². The Bertz CT molecular complexity index is 760. The molecule has 1 unspecified atom stereocenters. The molecule has 1 saturated heterocycles. The monoisotopic (exact) mass is 431 g/mol. The maximum Gasteiger partial charge on any atom is 0.426 e. The van der Waals surface area contributed by atoms with E-state index in [1.54, 1.807) is 11.0 Å². The van der Waals surface area contributed by atoms with Gasteiger partial charge in [-0.2, -0.15) is 13.2 Å². The summed E-state index contributed by atoms with van der Waals surface area (Å²) in [4.78, 5) is 26.4. The Morgan fingerprint density at radius 1 is 1.20 bits per heavy atom. The van der Waals surface area contributed by atoms with Gasteiger partial charge in [-0.05, 0) is 25.3 Å². The molecule has 1 saturated carbocycles. The van der Waals surface area contributed by atoms with Crippen molar-refractivity contribution in [1.82, 2.24) is 20.4 Å². The summed E-state index contributed by atoms with van der Waals surface area (Å²) >= 11 is 0. The van der Waals surface area contributed by atoms with Gasteiger partial charge in [0, 0.05) is 38.8 Å². The number of hydrogen-bond acceptors (Lipinski definition) is 7. The Morgan fingerprint density at radius 3 is 2.40 bits per heavy atom. The van der Waals surface area contributed by atoms with Crippen molar-refractivity contribution in [1.29, 1.82) is 0 Å². The fourth-order valence-electron chi connectivity index (χ4n) is 3.02. The molecule has 30 heavy (non-hydrogen) atoms. The normalized spacial score (nSPS) is 19.2. The molecule has 2 heterocycles. The van der Waals surface area contributed by atoms with Gasteiger partial charge in [-0.3, -0.25) is 4.79 Å². The maximum atomic E-state index is 12.8. The predicted octanol–water partition coefficient (Wildman–Crippen LogP) is 1.33. The van der Waals surface area contributed by atoms with Crippen LogP contribution in [0.4, 0.5) is 23.8 Å². The van der Waals surface area contributed by atoms with Gasteiger partial charge in [0.2, 0.25) is 11.5 Å². The van der Waals surface area contributed by atoms with Gasteiger partial charge in [-0.25, -0.2) is 4.79 Å². The molecule has 2 fully saturated rings. The Hall–Kier alpha value is -2.63. The molecular weight excluding hydrogens is 407 g/mol. The number of aliphatic hydroxyl groups is 1. The number of carbonyl (C=O) groups is 2. The van der Waals surface area contributed by atoms with Gasteiger partial charge in [0.25, 0.3) is 5.91 Å². The molecule has 2 aliphatic rings. The average molecular weight is 431 g/mol. The summed E-state index contributed by atoms with van der Waals surface area (Å²) in [5, 5.41) is 20.0. The standard InChI is InChI=1S/C18H24F3N5O4/c1-17(29,18(19,20)21)15(27)26-10-8-25(9-11-26)13-4-5-14(24-23-13)30-16(28)22-7-6-12-2-3-12/h4-5,12,29H,2-3,6-11H2,1H3,(H,22,28). The van der Waals surface area contributed by atoms with Crippen molar-refractivity contribution < 1.29 is 32.6 Å². The Labute approximate surface area is 171 Å². The van der Waals surface area contributed by atoms with E-state index in [-0.39, 0.29) is 32.1 Å². The molecule has 166 valence electrons. The van der Waals surface area contributed by atoms with Crippen molar-refractivity contribution in [3.8, 4) is 5.88 Å². The van der Waals surface area contributed by atoms with Crippen LogP contribution in [0, 0.1) is 5.92 Å². The van der Waals surface area contributed by atoms with E-state index in [1.165, 1.54) is 18.9 Å². The molecule has 2 amide bonds. The van der Waals surface area contributed by atoms with Crippen LogP contribution in [-0.2, 0) is 4.79 Å². The summed E-state index contributed by atoms with van der Waals surface area (Å²) in [7, 11) is 0. The van der Waals surface area contributed by atoms with Crippen LogP contribution in [0.2, 0.25) is 0 Å². The van der Waals surface area contributed by atoms with Crippen LogP contribution in [0.5, 0.6) is 5.88 Å². The van der Waals surface area contributed by atoms with Gasteiger partial charge in [0.1, 0.15) is 0 Å². The number of piperazine rings is 1. The van der Waals surface area contributed by atoms with Gasteiger partial charge >= 0.3 is 12.3 Å². The number of halogens is 3. The van der Waals surface area contributed by atoms with Crippen molar-refractivity contribution in [3.05, 3.63) is 12.1 Å². The smallest absolute Gasteiger partial charge is 0.390 e. The second kappa shape index (κ2) is 8.62. The molecular formula is C18H24F3N5O4. The first-order valence-electron chi connectivity index (χ1n) is 9.71. The number of ether oxygens (including phenoxy) is 1. The van der Waals surface area contributed by atoms with Crippen molar-refractivity contribution >= 4 is 17.8 Å². The SMILES string of the molecule is CC(O)(C(=O)N1CCN(c2ccc(OC(=O)NCCC3CC3)nn2)CC1)C(F)(F)F. The van der Waals surface area contributed by atoms with Crippen molar-refractivity contribution in [2.24, 2.45) is 5.92 Å². The average Bonchev–Trinajstić information content (AvgIpc) is 3.51. The zero-order valence-corrected chi connectivity index (χ0v) is 16.5. The first kappa shape index (κ1) is 22.1. The number of nitrogens with zero attached hydrogens (tertiary/aromatic N) is 4. The zero-order valence-electron chi connectivity index (χ0n) is 16.5. The Balaban J connectivity index is 1.47. The lowest BCUT2D eigenvalue weighted by Gasteiger charge is -2.38. The largest absolute Gasteiger partial charge is 0.426 e. The molecule has 0 spiro atoms. The number of anilines is 1. The Kier molecular flexibility index (Phi) is 6.34. The van der Waals surface area contributed by atoms with Crippen LogP contribution in [0.1, 0.15) is 26.2 Å². The summed E-state index contributed by atoms with van der Waals surface area (Å²) < 4.78 is 43.6. The third-order valence-corrected chi connectivity index (χ3v) is 5.20. The molecule has 1 aromatic heterocycles. The fourth-order valence-corrected chi connectivity index (χ4v) is 3.02. The molecule has 2 N–H and O–H groups in total. The van der Waals surface area contributed by atoms with Crippen LogP contribution < -0.4 is 15.0 Å². The van der Waals surface area contributed by atoms with E-state index in [0.29, 0.717) is 25.2 Å². The number of aromatic nitrogens is 2. The van der Waals surface area contributed by atoms with Gasteiger partial charge in [-0.15, -0.1) is 10.2 Å². The number of hydrogen-bond donors (Lipinski definition) is 2. The highest BCUT2D eigenvalue weighted by Gasteiger charge is 2.57. The van der Waals surface area contributed by atoms with Crippen molar-refractivity contribution in [2.75, 3.05) is 37.6 Å². The minimum atomic E-state index is -5.05. The van der Waals surface area contributed by atoms with Crippen LogP contribution in [0.15, 0.2) is 12.1 Å². The van der Waals surface area contributed by atoms with Gasteiger partial charge < -0.3 is 25.0 Å². The molecule has 1 aliphatic heterocycles. The van der Waals surface area contributed by atoms with Gasteiger partial charge in [0.15, 0.2) is 5.82 Å². The first-order chi connectivity index (χ1) is 14.1. The second-order valence-electron chi connectivity index (χ2n) is 7.63. The van der Waals surface area contributed by atoms with Crippen LogP contribution >= 0.6 is 0 Å². The third-order valence-electron chi connectivity index (χ3n) is 5.20. The summed E-state index contributed by atoms with van der Waals surface area (Å²) in [5.74, 6) is -0.221. The molecule has 1 aromatic rings. The van der Waals surface area contributed by atoms with E-state index < -0.39 is 23.8 Å². The van der Waals surface area contributed by atoms with Crippen molar-refractivity contribution in [3.63, 3.8) is 0 Å². The van der Waals surface area contributed by atoms with E-state index in [9.17, 15) is 27.9 Å². The minimum absolute atomic E-state index is 0.00556. The minimum Gasteiger partial charge on any atom is -0.390 e. The maximum absolute atomic E-state index is 12.8. The summed E-state index contributed by atoms with van der Waals surface area (Å²) in [6.07, 6.45) is -2.33. The van der Waals surface area contributed by atoms with Crippen LogP contribution in [-0.4, -0.2) is 76.7 Å². The van der Waals surface area contributed by atoms with E-state index in [2.05, 4.69) is 15.5 Å². The number of amides is 2. The zero-order chi connectivity index (χ0) is 21.9. The summed E-state index contributed by atoms with van der Waals surface area (Å²) in [5.41, 5.74) is -3.42.